The van der Waals surface area contributed by atoms with Gasteiger partial charge in [0.1, 0.15) is 0 Å². The van der Waals surface area contributed by atoms with Crippen molar-refractivity contribution in [3.63, 3.8) is 0 Å². The quantitative estimate of drug-likeness (QED) is 0.583. The molecule has 0 aromatic carbocycles. The maximum absolute atomic E-state index is 12.2. The van der Waals surface area contributed by atoms with E-state index in [1.54, 1.807) is 0 Å². The maximum Gasteiger partial charge on any atom is 0.0950 e. The summed E-state index contributed by atoms with van der Waals surface area (Å²) in [7, 11) is 1.89. The van der Waals surface area contributed by atoms with Crippen molar-refractivity contribution in [3.8, 4) is 0 Å². The molecule has 60 valence electrons. The Balaban J connectivity index is 2.41. The van der Waals surface area contributed by atoms with Crippen molar-refractivity contribution in [3.05, 3.63) is 0 Å². The highest BCUT2D eigenvalue weighted by Gasteiger charge is 2.30. The minimum atomic E-state index is -0.203. The van der Waals surface area contributed by atoms with Gasteiger partial charge in [0, 0.05) is 47.9 Å². The van der Waals surface area contributed by atoms with E-state index in [-0.39, 0.29) is 12.6 Å². The second-order valence-electron chi connectivity index (χ2n) is 2.64. The van der Waals surface area contributed by atoms with Gasteiger partial charge in [0.25, 0.3) is 0 Å². The Morgan fingerprint density at radius 3 is 2.80 bits per heavy atom. The molecular formula is C6H12FIN2. The fourth-order valence-corrected chi connectivity index (χ4v) is 2.23. The first kappa shape index (κ1) is 8.67. The van der Waals surface area contributed by atoms with Crippen molar-refractivity contribution >= 4 is 22.9 Å². The molecule has 1 N–H and O–H groups in total. The minimum Gasteiger partial charge on any atom is -0.315 e. The Labute approximate surface area is 74.7 Å². The molecule has 2 unspecified atom stereocenters. The van der Waals surface area contributed by atoms with Gasteiger partial charge in [-0.05, 0) is 7.05 Å². The number of hydrogen-bond acceptors (Lipinski definition) is 2. The zero-order valence-electron chi connectivity index (χ0n) is 5.98. The van der Waals surface area contributed by atoms with Crippen LogP contribution in [0.25, 0.3) is 0 Å². The van der Waals surface area contributed by atoms with Crippen LogP contribution in [0.1, 0.15) is 0 Å². The van der Waals surface area contributed by atoms with Crippen molar-refractivity contribution < 1.29 is 4.39 Å². The van der Waals surface area contributed by atoms with E-state index in [2.05, 4.69) is 31.3 Å². The molecule has 0 aromatic rings. The van der Waals surface area contributed by atoms with E-state index in [9.17, 15) is 4.39 Å². The van der Waals surface area contributed by atoms with Crippen LogP contribution < -0.4 is 5.32 Å². The van der Waals surface area contributed by atoms with Crippen LogP contribution in [0.2, 0.25) is 0 Å². The van der Waals surface area contributed by atoms with E-state index >= 15 is 0 Å². The van der Waals surface area contributed by atoms with Crippen LogP contribution in [-0.4, -0.2) is 36.0 Å². The first-order valence-corrected chi connectivity index (χ1v) is 4.38. The van der Waals surface area contributed by atoms with Crippen molar-refractivity contribution in [1.29, 1.82) is 0 Å². The molecule has 0 bridgehead atoms. The summed E-state index contributed by atoms with van der Waals surface area (Å²) < 4.78 is 14.4. The number of rotatable bonds is 2. The summed E-state index contributed by atoms with van der Waals surface area (Å²) >= 11 is 2.24. The molecule has 4 heteroatoms. The van der Waals surface area contributed by atoms with Crippen LogP contribution >= 0.6 is 22.9 Å². The first-order valence-electron chi connectivity index (χ1n) is 3.42. The highest BCUT2D eigenvalue weighted by molar-refractivity contribution is 14.1. The SMILES string of the molecule is CNC1CN(I)CC1CF. The number of nitrogens with zero attached hydrogens (tertiary/aromatic N) is 1. The van der Waals surface area contributed by atoms with Crippen LogP contribution in [0.5, 0.6) is 0 Å². The summed E-state index contributed by atoms with van der Waals surface area (Å²) in [5, 5.41) is 3.11. The highest BCUT2D eigenvalue weighted by atomic mass is 127. The molecule has 0 amide bonds. The molecule has 10 heavy (non-hydrogen) atoms. The molecule has 0 saturated carbocycles. The first-order chi connectivity index (χ1) is 4.77. The van der Waals surface area contributed by atoms with Gasteiger partial charge in [0.2, 0.25) is 0 Å². The van der Waals surface area contributed by atoms with E-state index in [1.165, 1.54) is 0 Å². The van der Waals surface area contributed by atoms with Gasteiger partial charge in [0.05, 0.1) is 6.67 Å². The monoisotopic (exact) mass is 258 g/mol. The molecule has 1 aliphatic rings. The molecule has 1 saturated heterocycles. The number of hydrogen-bond donors (Lipinski definition) is 1. The van der Waals surface area contributed by atoms with Crippen LogP contribution in [-0.2, 0) is 0 Å². The summed E-state index contributed by atoms with van der Waals surface area (Å²) in [6.07, 6.45) is 0. The van der Waals surface area contributed by atoms with Gasteiger partial charge in [-0.25, -0.2) is 3.11 Å². The smallest absolute Gasteiger partial charge is 0.0950 e. The van der Waals surface area contributed by atoms with E-state index in [4.69, 9.17) is 0 Å². The summed E-state index contributed by atoms with van der Waals surface area (Å²) in [5.74, 6) is 0.196. The molecular weight excluding hydrogens is 246 g/mol. The molecule has 0 aliphatic carbocycles. The van der Waals surface area contributed by atoms with Gasteiger partial charge in [-0.15, -0.1) is 0 Å². The van der Waals surface area contributed by atoms with Gasteiger partial charge in [-0.1, -0.05) is 0 Å². The fraction of sp³-hybridized carbons (Fsp3) is 1.00. The molecule has 1 aliphatic heterocycles. The van der Waals surface area contributed by atoms with Crippen molar-refractivity contribution in [1.82, 2.24) is 8.43 Å². The number of likely N-dealkylation sites (N-methyl/N-ethyl adjacent to an activating group) is 1. The Hall–Kier alpha value is 0.580. The summed E-state index contributed by atoms with van der Waals surface area (Å²) in [4.78, 5) is 0. The van der Waals surface area contributed by atoms with E-state index in [0.717, 1.165) is 13.1 Å². The number of nitrogens with one attached hydrogen (secondary N) is 1. The lowest BCUT2D eigenvalue weighted by molar-refractivity contribution is 0.335. The third kappa shape index (κ3) is 1.79. The minimum absolute atomic E-state index is 0.196. The Morgan fingerprint density at radius 2 is 2.40 bits per heavy atom. The third-order valence-corrected chi connectivity index (χ3v) is 2.75. The van der Waals surface area contributed by atoms with Gasteiger partial charge >= 0.3 is 0 Å². The van der Waals surface area contributed by atoms with Gasteiger partial charge < -0.3 is 5.32 Å². The summed E-state index contributed by atoms with van der Waals surface area (Å²) in [5.41, 5.74) is 0. The van der Waals surface area contributed by atoms with Crippen molar-refractivity contribution in [2.75, 3.05) is 26.8 Å². The van der Waals surface area contributed by atoms with E-state index < -0.39 is 0 Å². The highest BCUT2D eigenvalue weighted by Crippen LogP contribution is 2.19. The second-order valence-corrected chi connectivity index (χ2v) is 4.00. The molecule has 2 nitrogen and oxygen atoms in total. The average molecular weight is 258 g/mol. The lowest BCUT2D eigenvalue weighted by atomic mass is 10.1. The second kappa shape index (κ2) is 3.82. The van der Waals surface area contributed by atoms with E-state index in [1.807, 2.05) is 7.05 Å². The van der Waals surface area contributed by atoms with Crippen LogP contribution in [0.15, 0.2) is 0 Å². The van der Waals surface area contributed by atoms with Gasteiger partial charge in [0.15, 0.2) is 0 Å². The Morgan fingerprint density at radius 1 is 1.70 bits per heavy atom. The predicted molar refractivity (Wildman–Crippen MR) is 47.9 cm³/mol. The number of alkyl halides is 1. The molecule has 0 aromatic heterocycles. The largest absolute Gasteiger partial charge is 0.315 e. The van der Waals surface area contributed by atoms with Crippen LogP contribution in [0.3, 0.4) is 0 Å². The van der Waals surface area contributed by atoms with Gasteiger partial charge in [-0.3, -0.25) is 4.39 Å². The fourth-order valence-electron chi connectivity index (χ4n) is 1.30. The van der Waals surface area contributed by atoms with Gasteiger partial charge in [-0.2, -0.15) is 0 Å². The lowest BCUT2D eigenvalue weighted by Gasteiger charge is -2.12. The molecule has 2 atom stereocenters. The van der Waals surface area contributed by atoms with Crippen LogP contribution in [0, 0.1) is 5.92 Å². The third-order valence-electron chi connectivity index (χ3n) is 1.97. The molecule has 0 spiro atoms. The molecule has 1 fully saturated rings. The average Bonchev–Trinajstić information content (AvgIpc) is 2.30. The molecule has 1 rings (SSSR count). The van der Waals surface area contributed by atoms with Crippen molar-refractivity contribution in [2.24, 2.45) is 5.92 Å². The normalized spacial score (nSPS) is 35.1. The Kier molecular flexibility index (Phi) is 3.32. The maximum atomic E-state index is 12.2. The zero-order valence-corrected chi connectivity index (χ0v) is 8.14. The zero-order chi connectivity index (χ0) is 7.56. The molecule has 0 radical (unpaired) electrons. The Bertz CT molecular complexity index is 99.9. The lowest BCUT2D eigenvalue weighted by Crippen LogP contribution is -2.33. The predicted octanol–water partition coefficient (Wildman–Crippen LogP) is 0.826. The summed E-state index contributed by atoms with van der Waals surface area (Å²) in [6.45, 7) is 1.64. The summed E-state index contributed by atoms with van der Waals surface area (Å²) in [6, 6.07) is 0.349. The van der Waals surface area contributed by atoms with Crippen molar-refractivity contribution in [2.45, 2.75) is 6.04 Å². The number of halogens is 2. The van der Waals surface area contributed by atoms with Crippen LogP contribution in [0.4, 0.5) is 4.39 Å². The molecule has 1 heterocycles. The topological polar surface area (TPSA) is 15.3 Å². The van der Waals surface area contributed by atoms with E-state index in [0.29, 0.717) is 6.04 Å². The standard InChI is InChI=1S/C6H12FIN2/c1-9-6-4-10(8)3-5(6)2-7/h5-6,9H,2-4H2,1H3.